The van der Waals surface area contributed by atoms with Crippen molar-refractivity contribution in [2.24, 2.45) is 0 Å². The van der Waals surface area contributed by atoms with Crippen LogP contribution in [0, 0.1) is 13.8 Å². The van der Waals surface area contributed by atoms with Gasteiger partial charge in [-0.15, -0.1) is 0 Å². The van der Waals surface area contributed by atoms with Gasteiger partial charge < -0.3 is 14.9 Å². The summed E-state index contributed by atoms with van der Waals surface area (Å²) in [5, 5.41) is 14.8. The SMILES string of the molecule is Cc1noc(C)c1C(C)NC(=O)CC(=O)O. The molecule has 0 radical (unpaired) electrons. The third kappa shape index (κ3) is 2.82. The van der Waals surface area contributed by atoms with Crippen molar-refractivity contribution in [2.45, 2.75) is 33.2 Å². The maximum Gasteiger partial charge on any atom is 0.312 e. The average molecular weight is 226 g/mol. The van der Waals surface area contributed by atoms with Gasteiger partial charge in [0.05, 0.1) is 11.7 Å². The van der Waals surface area contributed by atoms with Gasteiger partial charge in [-0.05, 0) is 20.8 Å². The number of carbonyl (C=O) groups is 2. The average Bonchev–Trinajstić information content (AvgIpc) is 2.44. The number of carboxylic acid groups (broad SMARTS) is 1. The zero-order chi connectivity index (χ0) is 12.3. The molecule has 0 bridgehead atoms. The van der Waals surface area contributed by atoms with Gasteiger partial charge in [0.1, 0.15) is 12.2 Å². The minimum atomic E-state index is -1.15. The first-order valence-corrected chi connectivity index (χ1v) is 4.85. The zero-order valence-electron chi connectivity index (χ0n) is 9.40. The molecule has 1 aromatic rings. The lowest BCUT2D eigenvalue weighted by atomic mass is 10.1. The largest absolute Gasteiger partial charge is 0.481 e. The Kier molecular flexibility index (Phi) is 3.65. The normalized spacial score (nSPS) is 12.2. The van der Waals surface area contributed by atoms with E-state index in [1.165, 1.54) is 0 Å². The summed E-state index contributed by atoms with van der Waals surface area (Å²) in [5.74, 6) is -1.05. The van der Waals surface area contributed by atoms with Crippen molar-refractivity contribution in [1.82, 2.24) is 10.5 Å². The van der Waals surface area contributed by atoms with Gasteiger partial charge in [-0.1, -0.05) is 5.16 Å². The molecule has 1 unspecified atom stereocenters. The fraction of sp³-hybridized carbons (Fsp3) is 0.500. The molecule has 16 heavy (non-hydrogen) atoms. The maximum atomic E-state index is 11.2. The van der Waals surface area contributed by atoms with Gasteiger partial charge in [0, 0.05) is 5.56 Å². The van der Waals surface area contributed by atoms with E-state index in [0.29, 0.717) is 11.5 Å². The Morgan fingerprint density at radius 3 is 2.56 bits per heavy atom. The molecule has 0 aliphatic heterocycles. The van der Waals surface area contributed by atoms with Crippen molar-refractivity contribution < 1.29 is 19.2 Å². The molecule has 2 N–H and O–H groups in total. The molecule has 0 saturated carbocycles. The summed E-state index contributed by atoms with van der Waals surface area (Å²) >= 11 is 0. The third-order valence-corrected chi connectivity index (χ3v) is 2.21. The second-order valence-corrected chi connectivity index (χ2v) is 3.60. The molecular weight excluding hydrogens is 212 g/mol. The molecule has 1 atom stereocenters. The van der Waals surface area contributed by atoms with Crippen LogP contribution in [0.4, 0.5) is 0 Å². The van der Waals surface area contributed by atoms with Gasteiger partial charge in [0.25, 0.3) is 0 Å². The lowest BCUT2D eigenvalue weighted by Crippen LogP contribution is -2.28. The number of rotatable bonds is 4. The highest BCUT2D eigenvalue weighted by atomic mass is 16.5. The van der Waals surface area contributed by atoms with E-state index in [2.05, 4.69) is 10.5 Å². The van der Waals surface area contributed by atoms with Crippen LogP contribution < -0.4 is 5.32 Å². The van der Waals surface area contributed by atoms with Gasteiger partial charge in [-0.25, -0.2) is 0 Å². The van der Waals surface area contributed by atoms with Crippen LogP contribution in [0.1, 0.15) is 36.4 Å². The highest BCUT2D eigenvalue weighted by Gasteiger charge is 2.19. The Hall–Kier alpha value is -1.85. The molecule has 1 rings (SSSR count). The fourth-order valence-corrected chi connectivity index (χ4v) is 1.61. The first kappa shape index (κ1) is 12.2. The van der Waals surface area contributed by atoms with E-state index in [1.807, 2.05) is 0 Å². The van der Waals surface area contributed by atoms with E-state index in [9.17, 15) is 9.59 Å². The number of carboxylic acids is 1. The van der Waals surface area contributed by atoms with Crippen LogP contribution in [-0.2, 0) is 9.59 Å². The summed E-state index contributed by atoms with van der Waals surface area (Å²) in [6.07, 6.45) is -0.534. The lowest BCUT2D eigenvalue weighted by molar-refractivity contribution is -0.140. The molecule has 0 spiro atoms. The second kappa shape index (κ2) is 4.78. The second-order valence-electron chi connectivity index (χ2n) is 3.60. The van der Waals surface area contributed by atoms with Gasteiger partial charge in [-0.2, -0.15) is 0 Å². The molecule has 1 heterocycles. The van der Waals surface area contributed by atoms with Crippen molar-refractivity contribution in [2.75, 3.05) is 0 Å². The molecule has 0 aromatic carbocycles. The molecule has 88 valence electrons. The number of nitrogens with one attached hydrogen (secondary N) is 1. The number of aromatic nitrogens is 1. The van der Waals surface area contributed by atoms with Crippen molar-refractivity contribution >= 4 is 11.9 Å². The maximum absolute atomic E-state index is 11.2. The van der Waals surface area contributed by atoms with Gasteiger partial charge in [0.15, 0.2) is 0 Å². The van der Waals surface area contributed by atoms with Crippen LogP contribution in [-0.4, -0.2) is 22.1 Å². The number of carbonyl (C=O) groups excluding carboxylic acids is 1. The molecule has 1 aromatic heterocycles. The molecular formula is C10H14N2O4. The zero-order valence-corrected chi connectivity index (χ0v) is 9.40. The van der Waals surface area contributed by atoms with E-state index in [0.717, 1.165) is 5.56 Å². The van der Waals surface area contributed by atoms with Crippen LogP contribution >= 0.6 is 0 Å². The van der Waals surface area contributed by atoms with E-state index < -0.39 is 18.3 Å². The summed E-state index contributed by atoms with van der Waals surface area (Å²) in [4.78, 5) is 21.6. The number of aliphatic carboxylic acids is 1. The summed E-state index contributed by atoms with van der Waals surface area (Å²) in [6, 6.07) is -0.307. The number of aryl methyl sites for hydroxylation is 2. The van der Waals surface area contributed by atoms with Gasteiger partial charge in [0.2, 0.25) is 5.91 Å². The molecule has 0 aliphatic carbocycles. The highest BCUT2D eigenvalue weighted by molar-refractivity contribution is 5.93. The molecule has 0 aliphatic rings. The Bertz CT molecular complexity index is 391. The van der Waals surface area contributed by atoms with Crippen LogP contribution in [0.5, 0.6) is 0 Å². The van der Waals surface area contributed by atoms with E-state index in [4.69, 9.17) is 9.63 Å². The quantitative estimate of drug-likeness (QED) is 0.745. The molecule has 0 saturated heterocycles. The Balaban J connectivity index is 2.69. The lowest BCUT2D eigenvalue weighted by Gasteiger charge is -2.12. The van der Waals surface area contributed by atoms with Crippen molar-refractivity contribution in [3.8, 4) is 0 Å². The number of amides is 1. The number of hydrogen-bond donors (Lipinski definition) is 2. The topological polar surface area (TPSA) is 92.4 Å². The summed E-state index contributed by atoms with van der Waals surface area (Å²) in [5.41, 5.74) is 1.49. The first-order valence-electron chi connectivity index (χ1n) is 4.85. The minimum absolute atomic E-state index is 0.307. The Morgan fingerprint density at radius 1 is 1.50 bits per heavy atom. The molecule has 6 heteroatoms. The van der Waals surface area contributed by atoms with Crippen LogP contribution in [0.25, 0.3) is 0 Å². The molecule has 0 fully saturated rings. The van der Waals surface area contributed by atoms with Gasteiger partial charge in [-0.3, -0.25) is 9.59 Å². The minimum Gasteiger partial charge on any atom is -0.481 e. The molecule has 1 amide bonds. The van der Waals surface area contributed by atoms with Gasteiger partial charge >= 0.3 is 5.97 Å². The predicted octanol–water partition coefficient (Wildman–Crippen LogP) is 0.943. The van der Waals surface area contributed by atoms with E-state index >= 15 is 0 Å². The fourth-order valence-electron chi connectivity index (χ4n) is 1.61. The van der Waals surface area contributed by atoms with Crippen LogP contribution in [0.2, 0.25) is 0 Å². The smallest absolute Gasteiger partial charge is 0.312 e. The van der Waals surface area contributed by atoms with E-state index in [-0.39, 0.29) is 6.04 Å². The van der Waals surface area contributed by atoms with Crippen molar-refractivity contribution in [1.29, 1.82) is 0 Å². The first-order chi connectivity index (χ1) is 7.41. The Labute approximate surface area is 92.6 Å². The number of nitrogens with zero attached hydrogens (tertiary/aromatic N) is 1. The van der Waals surface area contributed by atoms with E-state index in [1.54, 1.807) is 20.8 Å². The summed E-state index contributed by atoms with van der Waals surface area (Å²) in [7, 11) is 0. The van der Waals surface area contributed by atoms with Crippen LogP contribution in [0.15, 0.2) is 4.52 Å². The third-order valence-electron chi connectivity index (χ3n) is 2.21. The van der Waals surface area contributed by atoms with Crippen LogP contribution in [0.3, 0.4) is 0 Å². The standard InChI is InChI=1S/C10H14N2O4/c1-5(11-8(13)4-9(14)15)10-6(2)12-16-7(10)3/h5H,4H2,1-3H3,(H,11,13)(H,14,15). The Morgan fingerprint density at radius 2 is 2.12 bits per heavy atom. The predicted molar refractivity (Wildman–Crippen MR) is 54.8 cm³/mol. The highest BCUT2D eigenvalue weighted by Crippen LogP contribution is 2.20. The van der Waals surface area contributed by atoms with Crippen molar-refractivity contribution in [3.63, 3.8) is 0 Å². The monoisotopic (exact) mass is 226 g/mol. The summed E-state index contributed by atoms with van der Waals surface area (Å²) < 4.78 is 4.96. The van der Waals surface area contributed by atoms with Crippen molar-refractivity contribution in [3.05, 3.63) is 17.0 Å². The summed E-state index contributed by atoms with van der Waals surface area (Å²) in [6.45, 7) is 5.27. The molecule has 6 nitrogen and oxygen atoms in total. The number of hydrogen-bond acceptors (Lipinski definition) is 4.